The van der Waals surface area contributed by atoms with Crippen molar-refractivity contribution in [3.05, 3.63) is 0 Å². The van der Waals surface area contributed by atoms with Crippen molar-refractivity contribution in [3.63, 3.8) is 0 Å². The maximum absolute atomic E-state index is 12.1. The van der Waals surface area contributed by atoms with Gasteiger partial charge in [-0.3, -0.25) is 4.79 Å². The van der Waals surface area contributed by atoms with Crippen LogP contribution in [0.3, 0.4) is 0 Å². The van der Waals surface area contributed by atoms with E-state index in [0.29, 0.717) is 25.3 Å². The highest BCUT2D eigenvalue weighted by atomic mass is 16.4. The number of rotatable bonds is 10. The molecule has 0 spiro atoms. The summed E-state index contributed by atoms with van der Waals surface area (Å²) in [5.74, 6) is -1.11. The molecule has 1 fully saturated rings. The largest absolute Gasteiger partial charge is 0.480 e. The predicted molar refractivity (Wildman–Crippen MR) is 90.2 cm³/mol. The van der Waals surface area contributed by atoms with Gasteiger partial charge in [-0.05, 0) is 31.7 Å². The molecule has 8 nitrogen and oxygen atoms in total. The lowest BCUT2D eigenvalue weighted by molar-refractivity contribution is -0.139. The first-order valence-corrected chi connectivity index (χ1v) is 8.70. The lowest BCUT2D eigenvalue weighted by atomic mass is 9.84. The van der Waals surface area contributed by atoms with Gasteiger partial charge in [0.15, 0.2) is 0 Å². The summed E-state index contributed by atoms with van der Waals surface area (Å²) in [4.78, 5) is 34.5. The van der Waals surface area contributed by atoms with Crippen LogP contribution < -0.4 is 22.1 Å². The molecule has 138 valence electrons. The molecule has 0 aromatic carbocycles. The van der Waals surface area contributed by atoms with E-state index in [4.69, 9.17) is 16.6 Å². The molecule has 1 aliphatic carbocycles. The summed E-state index contributed by atoms with van der Waals surface area (Å²) >= 11 is 0. The molecule has 2 atom stereocenters. The van der Waals surface area contributed by atoms with Crippen LogP contribution in [0.25, 0.3) is 0 Å². The minimum Gasteiger partial charge on any atom is -0.480 e. The van der Waals surface area contributed by atoms with E-state index in [1.165, 1.54) is 19.3 Å². The van der Waals surface area contributed by atoms with Crippen molar-refractivity contribution < 1.29 is 19.5 Å². The van der Waals surface area contributed by atoms with Gasteiger partial charge in [-0.1, -0.05) is 32.1 Å². The number of amides is 3. The minimum atomic E-state index is -1.10. The Kier molecular flexibility index (Phi) is 9.14. The van der Waals surface area contributed by atoms with Crippen LogP contribution in [0.1, 0.15) is 57.8 Å². The first-order valence-electron chi connectivity index (χ1n) is 8.70. The highest BCUT2D eigenvalue weighted by Crippen LogP contribution is 2.27. The van der Waals surface area contributed by atoms with Gasteiger partial charge in [0.25, 0.3) is 0 Å². The Labute approximate surface area is 142 Å². The van der Waals surface area contributed by atoms with Crippen LogP contribution in [-0.2, 0) is 9.59 Å². The molecule has 0 aromatic heterocycles. The summed E-state index contributed by atoms with van der Waals surface area (Å²) in [5.41, 5.74) is 10.6. The number of hydrogen-bond acceptors (Lipinski definition) is 4. The minimum absolute atomic E-state index is 0.0600. The van der Waals surface area contributed by atoms with Crippen LogP contribution in [0.2, 0.25) is 0 Å². The maximum atomic E-state index is 12.1. The van der Waals surface area contributed by atoms with Gasteiger partial charge in [-0.2, -0.15) is 0 Å². The highest BCUT2D eigenvalue weighted by molar-refractivity contribution is 5.83. The number of primary amides is 1. The molecule has 1 unspecified atom stereocenters. The second-order valence-electron chi connectivity index (χ2n) is 6.55. The van der Waals surface area contributed by atoms with Gasteiger partial charge in [0.1, 0.15) is 6.04 Å². The van der Waals surface area contributed by atoms with Crippen molar-refractivity contribution in [2.45, 2.75) is 69.9 Å². The first-order chi connectivity index (χ1) is 11.4. The van der Waals surface area contributed by atoms with Crippen LogP contribution in [0.4, 0.5) is 4.79 Å². The number of carbonyl (C=O) groups is 3. The zero-order valence-electron chi connectivity index (χ0n) is 14.1. The molecule has 8 heteroatoms. The molecular weight excluding hydrogens is 312 g/mol. The summed E-state index contributed by atoms with van der Waals surface area (Å²) in [6, 6.07) is -1.94. The lowest BCUT2D eigenvalue weighted by Gasteiger charge is -2.27. The molecule has 1 saturated carbocycles. The van der Waals surface area contributed by atoms with E-state index in [-0.39, 0.29) is 18.9 Å². The van der Waals surface area contributed by atoms with Gasteiger partial charge in [0.05, 0.1) is 0 Å². The number of aliphatic carboxylic acids is 1. The van der Waals surface area contributed by atoms with Crippen LogP contribution in [0.15, 0.2) is 0 Å². The van der Waals surface area contributed by atoms with E-state index >= 15 is 0 Å². The van der Waals surface area contributed by atoms with Crippen molar-refractivity contribution in [1.29, 1.82) is 0 Å². The number of carbonyl (C=O) groups excluding carboxylic acids is 2. The number of nitrogens with one attached hydrogen (secondary N) is 2. The maximum Gasteiger partial charge on any atom is 0.326 e. The molecule has 0 aromatic rings. The molecule has 0 bridgehead atoms. The van der Waals surface area contributed by atoms with Crippen LogP contribution in [0.5, 0.6) is 0 Å². The van der Waals surface area contributed by atoms with Crippen molar-refractivity contribution in [1.82, 2.24) is 10.6 Å². The van der Waals surface area contributed by atoms with Crippen LogP contribution in [-0.4, -0.2) is 41.6 Å². The molecule has 1 aliphatic rings. The van der Waals surface area contributed by atoms with Gasteiger partial charge < -0.3 is 27.2 Å². The Bertz CT molecular complexity index is 424. The second kappa shape index (κ2) is 10.9. The molecule has 0 heterocycles. The zero-order chi connectivity index (χ0) is 17.9. The Balaban J connectivity index is 2.54. The summed E-state index contributed by atoms with van der Waals surface area (Å²) in [6.45, 7) is 0.360. The number of carboxylic acids is 1. The number of carboxylic acid groups (broad SMARTS) is 1. The van der Waals surface area contributed by atoms with Crippen molar-refractivity contribution in [2.24, 2.45) is 17.4 Å². The number of nitrogens with two attached hydrogens (primary N) is 2. The highest BCUT2D eigenvalue weighted by Gasteiger charge is 2.24. The fraction of sp³-hybridized carbons (Fsp3) is 0.812. The third kappa shape index (κ3) is 8.14. The third-order valence-electron chi connectivity index (χ3n) is 4.43. The molecule has 1 rings (SSSR count). The third-order valence-corrected chi connectivity index (χ3v) is 4.43. The fourth-order valence-corrected chi connectivity index (χ4v) is 3.23. The summed E-state index contributed by atoms with van der Waals surface area (Å²) in [6.07, 6.45) is 7.26. The second-order valence-corrected chi connectivity index (χ2v) is 6.55. The van der Waals surface area contributed by atoms with E-state index in [2.05, 4.69) is 10.6 Å². The lowest BCUT2D eigenvalue weighted by Crippen LogP contribution is -2.50. The molecule has 0 saturated heterocycles. The summed E-state index contributed by atoms with van der Waals surface area (Å²) in [5, 5.41) is 14.3. The van der Waals surface area contributed by atoms with Gasteiger partial charge in [-0.15, -0.1) is 0 Å². The van der Waals surface area contributed by atoms with Crippen LogP contribution in [0, 0.1) is 5.92 Å². The Morgan fingerprint density at radius 2 is 1.79 bits per heavy atom. The fourth-order valence-electron chi connectivity index (χ4n) is 3.23. The number of hydrogen-bond donors (Lipinski definition) is 5. The Morgan fingerprint density at radius 3 is 2.33 bits per heavy atom. The van der Waals surface area contributed by atoms with Crippen LogP contribution >= 0.6 is 0 Å². The van der Waals surface area contributed by atoms with Gasteiger partial charge in [0, 0.05) is 12.5 Å². The van der Waals surface area contributed by atoms with E-state index in [1.807, 2.05) is 0 Å². The monoisotopic (exact) mass is 342 g/mol. The molecule has 3 amide bonds. The standard InChI is InChI=1S/C16H30N4O4/c17-8-4-7-13(15(22)23)20-16(24)19-12(10-14(18)21)9-11-5-2-1-3-6-11/h11-13H,1-10,17H2,(H2,18,21)(H,22,23)(H2,19,20,24)/t12?,13-/m0/s1. The zero-order valence-corrected chi connectivity index (χ0v) is 14.1. The number of urea groups is 1. The van der Waals surface area contributed by atoms with E-state index < -0.39 is 23.9 Å². The summed E-state index contributed by atoms with van der Waals surface area (Å²) in [7, 11) is 0. The Morgan fingerprint density at radius 1 is 1.12 bits per heavy atom. The van der Waals surface area contributed by atoms with E-state index in [1.54, 1.807) is 0 Å². The normalized spacial score (nSPS) is 17.7. The topological polar surface area (TPSA) is 148 Å². The molecule has 0 aliphatic heterocycles. The smallest absolute Gasteiger partial charge is 0.326 e. The average Bonchev–Trinajstić information content (AvgIpc) is 2.51. The predicted octanol–water partition coefficient (Wildman–Crippen LogP) is 0.692. The average molecular weight is 342 g/mol. The van der Waals surface area contributed by atoms with Gasteiger partial charge in [0.2, 0.25) is 5.91 Å². The van der Waals surface area contributed by atoms with Gasteiger partial charge in [-0.25, -0.2) is 9.59 Å². The Hall–Kier alpha value is -1.83. The molecular formula is C16H30N4O4. The molecule has 0 radical (unpaired) electrons. The molecule has 7 N–H and O–H groups in total. The first kappa shape index (κ1) is 20.2. The quantitative estimate of drug-likeness (QED) is 0.396. The van der Waals surface area contributed by atoms with Crippen molar-refractivity contribution in [3.8, 4) is 0 Å². The van der Waals surface area contributed by atoms with E-state index in [9.17, 15) is 14.4 Å². The van der Waals surface area contributed by atoms with Gasteiger partial charge >= 0.3 is 12.0 Å². The summed E-state index contributed by atoms with van der Waals surface area (Å²) < 4.78 is 0. The van der Waals surface area contributed by atoms with Crippen molar-refractivity contribution >= 4 is 17.9 Å². The SMILES string of the molecule is NCCC[C@H](NC(=O)NC(CC(N)=O)CC1CCCCC1)C(=O)O. The van der Waals surface area contributed by atoms with E-state index in [0.717, 1.165) is 12.8 Å². The van der Waals surface area contributed by atoms with Crippen molar-refractivity contribution in [2.75, 3.05) is 6.54 Å². The molecule has 24 heavy (non-hydrogen) atoms.